The van der Waals surface area contributed by atoms with Crippen molar-refractivity contribution in [3.8, 4) is 16.9 Å². The first-order valence-electron chi connectivity index (χ1n) is 14.3. The smallest absolute Gasteiger partial charge is 0.438 e. The highest BCUT2D eigenvalue weighted by Gasteiger charge is 2.34. The molecule has 0 bridgehead atoms. The van der Waals surface area contributed by atoms with E-state index in [-0.39, 0.29) is 42.7 Å². The maximum Gasteiger partial charge on any atom is 0.438 e. The molecule has 1 aliphatic heterocycles. The Kier molecular flexibility index (Phi) is 10.9. The van der Waals surface area contributed by atoms with Crippen LogP contribution in [0.4, 0.5) is 4.79 Å². The van der Waals surface area contributed by atoms with Gasteiger partial charge in [-0.25, -0.2) is 4.79 Å². The molecule has 1 heterocycles. The van der Waals surface area contributed by atoms with Gasteiger partial charge < -0.3 is 30.0 Å². The summed E-state index contributed by atoms with van der Waals surface area (Å²) in [4.78, 5) is 51.2. The highest BCUT2D eigenvalue weighted by atomic mass is 16.7. The predicted octanol–water partition coefficient (Wildman–Crippen LogP) is 4.26. The van der Waals surface area contributed by atoms with Crippen molar-refractivity contribution in [3.63, 3.8) is 0 Å². The van der Waals surface area contributed by atoms with Gasteiger partial charge in [0.25, 0.3) is 0 Å². The number of carbonyl (C=O) groups excluding carboxylic acids is 4. The van der Waals surface area contributed by atoms with Gasteiger partial charge in [-0.15, -0.1) is 0 Å². The number of nitrogens with two attached hydrogens (primary N) is 1. The Morgan fingerprint density at radius 3 is 2.26 bits per heavy atom. The number of benzene rings is 2. The molecule has 0 aromatic heterocycles. The minimum atomic E-state index is -0.957. The zero-order chi connectivity index (χ0) is 29.9. The van der Waals surface area contributed by atoms with Crippen molar-refractivity contribution >= 4 is 29.8 Å². The number of carbonyl (C=O) groups is 4. The molecule has 0 unspecified atom stereocenters. The first-order chi connectivity index (χ1) is 20.3. The molecule has 1 saturated heterocycles. The quantitative estimate of drug-likeness (QED) is 0.172. The number of hydrogen-bond acceptors (Lipinski definition) is 8. The molecule has 2 aromatic rings. The van der Waals surface area contributed by atoms with Gasteiger partial charge in [-0.1, -0.05) is 49.7 Å². The lowest BCUT2D eigenvalue weighted by Gasteiger charge is -2.22. The maximum absolute atomic E-state index is 12.4. The fourth-order valence-corrected chi connectivity index (χ4v) is 4.95. The second kappa shape index (κ2) is 15.0. The number of amides is 2. The summed E-state index contributed by atoms with van der Waals surface area (Å²) < 4.78 is 20.9. The largest absolute Gasteiger partial charge is 0.491 e. The van der Waals surface area contributed by atoms with Crippen LogP contribution in [0, 0.1) is 5.92 Å². The molecule has 0 radical (unpaired) electrons. The van der Waals surface area contributed by atoms with Crippen LogP contribution in [0.25, 0.3) is 11.1 Å². The summed E-state index contributed by atoms with van der Waals surface area (Å²) in [6.07, 6.45) is 5.01. The number of aliphatic imine (C=N–C) groups is 1. The van der Waals surface area contributed by atoms with Gasteiger partial charge in [-0.3, -0.25) is 14.4 Å². The van der Waals surface area contributed by atoms with Crippen molar-refractivity contribution in [3.05, 3.63) is 54.1 Å². The van der Waals surface area contributed by atoms with Crippen LogP contribution in [0.5, 0.6) is 5.75 Å². The minimum absolute atomic E-state index is 0.00998. The van der Waals surface area contributed by atoms with Crippen molar-refractivity contribution in [1.29, 1.82) is 0 Å². The van der Waals surface area contributed by atoms with Crippen LogP contribution in [0.15, 0.2) is 53.5 Å². The Labute approximate surface area is 244 Å². The van der Waals surface area contributed by atoms with Crippen LogP contribution >= 0.6 is 0 Å². The molecular weight excluding hydrogens is 542 g/mol. The fourth-order valence-electron chi connectivity index (χ4n) is 4.95. The second-order valence-electron chi connectivity index (χ2n) is 10.4. The fraction of sp³-hybridized carbons (Fsp3) is 0.452. The summed E-state index contributed by atoms with van der Waals surface area (Å²) in [5, 5.41) is 2.92. The van der Waals surface area contributed by atoms with Crippen LogP contribution in [-0.2, 0) is 28.6 Å². The van der Waals surface area contributed by atoms with Crippen molar-refractivity contribution < 1.29 is 38.1 Å². The molecule has 2 amide bonds. The number of rotatable bonds is 11. The lowest BCUT2D eigenvalue weighted by Crippen LogP contribution is -2.31. The van der Waals surface area contributed by atoms with E-state index >= 15 is 0 Å². The maximum atomic E-state index is 12.4. The van der Waals surface area contributed by atoms with E-state index in [1.807, 2.05) is 36.4 Å². The third-order valence-electron chi connectivity index (χ3n) is 7.27. The van der Waals surface area contributed by atoms with E-state index in [9.17, 15) is 19.2 Å². The van der Waals surface area contributed by atoms with E-state index in [2.05, 4.69) is 15.0 Å². The van der Waals surface area contributed by atoms with Crippen molar-refractivity contribution in [2.45, 2.75) is 70.4 Å². The van der Waals surface area contributed by atoms with Gasteiger partial charge in [0, 0.05) is 12.0 Å². The number of ether oxygens (including phenoxy) is 4. The van der Waals surface area contributed by atoms with Gasteiger partial charge in [0.05, 0.1) is 18.4 Å². The van der Waals surface area contributed by atoms with E-state index in [0.717, 1.165) is 36.8 Å². The van der Waals surface area contributed by atoms with Crippen LogP contribution in [0.2, 0.25) is 0 Å². The first kappa shape index (κ1) is 30.5. The predicted molar refractivity (Wildman–Crippen MR) is 153 cm³/mol. The number of hydrogen-bond donors (Lipinski definition) is 2. The van der Waals surface area contributed by atoms with Gasteiger partial charge in [-0.2, -0.15) is 4.99 Å². The highest BCUT2D eigenvalue weighted by Crippen LogP contribution is 2.26. The Bertz CT molecular complexity index is 1270. The van der Waals surface area contributed by atoms with E-state index in [1.165, 1.54) is 6.42 Å². The summed E-state index contributed by atoms with van der Waals surface area (Å²) in [7, 11) is 0. The minimum Gasteiger partial charge on any atom is -0.491 e. The third-order valence-corrected chi connectivity index (χ3v) is 7.27. The average molecular weight is 580 g/mol. The molecular formula is C31H37N3O8. The van der Waals surface area contributed by atoms with Gasteiger partial charge in [0.15, 0.2) is 0 Å². The molecule has 2 aromatic carbocycles. The lowest BCUT2D eigenvalue weighted by atomic mass is 9.97. The van der Waals surface area contributed by atoms with E-state index in [0.29, 0.717) is 24.3 Å². The van der Waals surface area contributed by atoms with Crippen LogP contribution in [-0.4, -0.2) is 55.3 Å². The zero-order valence-corrected chi connectivity index (χ0v) is 23.7. The number of nitrogens with one attached hydrogen (secondary N) is 1. The Morgan fingerprint density at radius 1 is 0.929 bits per heavy atom. The summed E-state index contributed by atoms with van der Waals surface area (Å²) in [5.74, 6) is -0.686. The summed E-state index contributed by atoms with van der Waals surface area (Å²) in [6.45, 7) is 1.41. The topological polar surface area (TPSA) is 156 Å². The third kappa shape index (κ3) is 9.05. The molecule has 3 N–H and O–H groups in total. The van der Waals surface area contributed by atoms with Crippen molar-refractivity contribution in [2.75, 3.05) is 13.4 Å². The van der Waals surface area contributed by atoms with Crippen molar-refractivity contribution in [2.24, 2.45) is 16.6 Å². The molecule has 11 heteroatoms. The highest BCUT2D eigenvalue weighted by molar-refractivity contribution is 6.03. The van der Waals surface area contributed by atoms with Crippen molar-refractivity contribution in [1.82, 2.24) is 5.32 Å². The van der Waals surface area contributed by atoms with Gasteiger partial charge in [0.1, 0.15) is 24.3 Å². The molecule has 4 rings (SSSR count). The van der Waals surface area contributed by atoms with E-state index < -0.39 is 24.8 Å². The number of nitrogens with zero attached hydrogens (tertiary/aromatic N) is 1. The normalized spacial score (nSPS) is 19.1. The summed E-state index contributed by atoms with van der Waals surface area (Å²) in [6, 6.07) is 14.5. The lowest BCUT2D eigenvalue weighted by molar-refractivity contribution is -0.153. The SMILES string of the molecule is CCC(=O)OCOC(=O)N=C(N)c1ccc(-c2ccc(OC[C@@H]3C[C@@H](CC(=O)OC4CCCCC4)C(=O)N3)cc2)cc1. The summed E-state index contributed by atoms with van der Waals surface area (Å²) >= 11 is 0. The Balaban J connectivity index is 1.22. The zero-order valence-electron chi connectivity index (χ0n) is 23.7. The number of amidine groups is 1. The molecule has 11 nitrogen and oxygen atoms in total. The standard InChI is InChI=1S/C31H37N3O8/c1-2-27(35)40-19-41-31(38)34-29(32)22-10-8-20(9-11-22)21-12-14-25(15-13-21)39-18-24-16-23(30(37)33-24)17-28(36)42-26-6-4-3-5-7-26/h8-15,23-24,26H,2-7,16-19H2,1H3,(H,33,37)(H2,32,34,38)/t23-,24-/m0/s1. The van der Waals surface area contributed by atoms with E-state index in [4.69, 9.17) is 19.9 Å². The second-order valence-corrected chi connectivity index (χ2v) is 10.4. The van der Waals surface area contributed by atoms with Crippen LogP contribution in [0.3, 0.4) is 0 Å². The number of esters is 2. The average Bonchev–Trinajstić information content (AvgIpc) is 3.35. The molecule has 2 aliphatic rings. The first-order valence-corrected chi connectivity index (χ1v) is 14.3. The molecule has 42 heavy (non-hydrogen) atoms. The molecule has 2 atom stereocenters. The van der Waals surface area contributed by atoms with Gasteiger partial charge >= 0.3 is 18.0 Å². The molecule has 1 saturated carbocycles. The Hall–Kier alpha value is -4.41. The van der Waals surface area contributed by atoms with Crippen LogP contribution in [0.1, 0.15) is 63.9 Å². The molecule has 1 aliphatic carbocycles. The summed E-state index contributed by atoms with van der Waals surface area (Å²) in [5.41, 5.74) is 8.28. The van der Waals surface area contributed by atoms with Gasteiger partial charge in [-0.05, 0) is 55.4 Å². The Morgan fingerprint density at radius 2 is 1.60 bits per heavy atom. The van der Waals surface area contributed by atoms with Crippen LogP contribution < -0.4 is 15.8 Å². The monoisotopic (exact) mass is 579 g/mol. The molecule has 2 fully saturated rings. The molecule has 224 valence electrons. The molecule has 0 spiro atoms. The van der Waals surface area contributed by atoms with E-state index in [1.54, 1.807) is 19.1 Å². The van der Waals surface area contributed by atoms with Gasteiger partial charge in [0.2, 0.25) is 12.7 Å².